The van der Waals surface area contributed by atoms with Gasteiger partial charge in [0.05, 0.1) is 35.4 Å². The molecule has 0 fully saturated rings. The summed E-state index contributed by atoms with van der Waals surface area (Å²) in [6.07, 6.45) is 1.73. The van der Waals surface area contributed by atoms with E-state index >= 15 is 4.57 Å². The fraction of sp³-hybridized carbons (Fsp3) is 0.500. The van der Waals surface area contributed by atoms with Crippen LogP contribution in [0.15, 0.2) is 84.9 Å². The first-order chi connectivity index (χ1) is 29.5. The van der Waals surface area contributed by atoms with E-state index in [0.717, 1.165) is 22.3 Å². The first kappa shape index (κ1) is 52.9. The van der Waals surface area contributed by atoms with Gasteiger partial charge in [0.1, 0.15) is 0 Å². The number of benzene rings is 4. The zero-order valence-electron chi connectivity index (χ0n) is 41.4. The van der Waals surface area contributed by atoms with Gasteiger partial charge in [-0.1, -0.05) is 112 Å². The van der Waals surface area contributed by atoms with Gasteiger partial charge in [-0.25, -0.2) is 0 Å². The van der Waals surface area contributed by atoms with Crippen LogP contribution in [0.4, 0.5) is 0 Å². The highest BCUT2D eigenvalue weighted by molar-refractivity contribution is 8.00. The van der Waals surface area contributed by atoms with E-state index in [-0.39, 0.29) is 23.7 Å². The Hall–Kier alpha value is -3.77. The maximum absolute atomic E-state index is 15.2. The Morgan fingerprint density at radius 3 is 1.41 bits per heavy atom. The SMILES string of the molecule is Cc1cc(C)c(C(=O)P(=O)(OC(C)(C)CCOC(C)(C)CC(CC(C)(C)OCC(C)(C)C(=O)P(=O)(C(=O)c2c(C)cc(C)cc2C)c2ccccc2)C(C)C)c2ccccc2)c(C)c1. The van der Waals surface area contributed by atoms with Crippen molar-refractivity contribution < 1.29 is 37.5 Å². The van der Waals surface area contributed by atoms with Crippen LogP contribution < -0.4 is 10.6 Å². The van der Waals surface area contributed by atoms with Gasteiger partial charge in [-0.2, -0.15) is 0 Å². The lowest BCUT2D eigenvalue weighted by Gasteiger charge is -2.39. The summed E-state index contributed by atoms with van der Waals surface area (Å²) in [5.41, 5.74) is 0.395. The van der Waals surface area contributed by atoms with Crippen LogP contribution in [0.2, 0.25) is 0 Å². The molecule has 3 unspecified atom stereocenters. The highest BCUT2D eigenvalue weighted by Gasteiger charge is 2.50. The maximum atomic E-state index is 15.2. The zero-order chi connectivity index (χ0) is 48.2. The van der Waals surface area contributed by atoms with Gasteiger partial charge in [-0.05, 0) is 149 Å². The first-order valence-electron chi connectivity index (χ1n) is 22.6. The summed E-state index contributed by atoms with van der Waals surface area (Å²) < 4.78 is 49.8. The fourth-order valence-corrected chi connectivity index (χ4v) is 14.1. The van der Waals surface area contributed by atoms with Crippen LogP contribution in [0.1, 0.15) is 143 Å². The summed E-state index contributed by atoms with van der Waals surface area (Å²) in [5.74, 6) is 0.406. The van der Waals surface area contributed by atoms with Gasteiger partial charge in [0.2, 0.25) is 18.2 Å². The van der Waals surface area contributed by atoms with Gasteiger partial charge >= 0.3 is 7.37 Å². The normalized spacial score (nSPS) is 15.1. The molecule has 348 valence electrons. The molecule has 0 spiro atoms. The van der Waals surface area contributed by atoms with E-state index in [0.29, 0.717) is 53.4 Å². The molecule has 4 aromatic carbocycles. The smallest absolute Gasteiger partial charge is 0.301 e. The lowest BCUT2D eigenvalue weighted by Crippen LogP contribution is -2.40. The van der Waals surface area contributed by atoms with Crippen molar-refractivity contribution in [2.24, 2.45) is 17.3 Å². The molecule has 0 aliphatic heterocycles. The first-order valence-corrected chi connectivity index (χ1v) is 25.9. The Morgan fingerprint density at radius 2 is 0.969 bits per heavy atom. The van der Waals surface area contributed by atoms with Crippen LogP contribution in [0.25, 0.3) is 0 Å². The number of hydrogen-bond acceptors (Lipinski definition) is 8. The molecule has 0 aliphatic rings. The lowest BCUT2D eigenvalue weighted by atomic mass is 9.78. The predicted octanol–water partition coefficient (Wildman–Crippen LogP) is 13.2. The minimum absolute atomic E-state index is 0.0347. The molecule has 0 radical (unpaired) electrons. The number of hydrogen-bond donors (Lipinski definition) is 0. The highest BCUT2D eigenvalue weighted by Crippen LogP contribution is 2.55. The maximum Gasteiger partial charge on any atom is 0.301 e. The van der Waals surface area contributed by atoms with Gasteiger partial charge in [0.15, 0.2) is 0 Å². The molecule has 64 heavy (non-hydrogen) atoms. The second-order valence-electron chi connectivity index (χ2n) is 20.8. The Kier molecular flexibility index (Phi) is 16.8. The summed E-state index contributed by atoms with van der Waals surface area (Å²) in [7, 11) is -8.36. The van der Waals surface area contributed by atoms with Gasteiger partial charge < -0.3 is 18.6 Å². The van der Waals surface area contributed by atoms with Gasteiger partial charge in [-0.15, -0.1) is 0 Å². The van der Waals surface area contributed by atoms with Crippen molar-refractivity contribution in [3.63, 3.8) is 0 Å². The van der Waals surface area contributed by atoms with E-state index in [1.165, 1.54) is 0 Å². The molecule has 0 aliphatic carbocycles. The van der Waals surface area contributed by atoms with Crippen LogP contribution in [0.3, 0.4) is 0 Å². The van der Waals surface area contributed by atoms with Crippen molar-refractivity contribution in [2.75, 3.05) is 13.2 Å². The third-order valence-corrected chi connectivity index (χ3v) is 17.7. The van der Waals surface area contributed by atoms with Crippen molar-refractivity contribution in [1.82, 2.24) is 0 Å². The molecular formula is C54H74O8P2. The Labute approximate surface area is 384 Å². The predicted molar refractivity (Wildman–Crippen MR) is 264 cm³/mol. The second kappa shape index (κ2) is 20.4. The largest absolute Gasteiger partial charge is 0.375 e. The van der Waals surface area contributed by atoms with Crippen LogP contribution in [0, 0.1) is 58.8 Å². The molecule has 0 saturated carbocycles. The zero-order valence-corrected chi connectivity index (χ0v) is 43.2. The molecule has 0 aromatic heterocycles. The van der Waals surface area contributed by atoms with Gasteiger partial charge in [0, 0.05) is 21.7 Å². The van der Waals surface area contributed by atoms with Crippen LogP contribution in [-0.4, -0.2) is 46.6 Å². The number of rotatable bonds is 22. The number of carbonyl (C=O) groups excluding carboxylic acids is 3. The Bertz CT molecular complexity index is 2360. The monoisotopic (exact) mass is 912 g/mol. The molecule has 0 bridgehead atoms. The van der Waals surface area contributed by atoms with Gasteiger partial charge in [0.25, 0.3) is 5.52 Å². The number of aryl methyl sites for hydroxylation is 6. The van der Waals surface area contributed by atoms with Crippen molar-refractivity contribution in [3.8, 4) is 0 Å². The number of ether oxygens (including phenoxy) is 2. The summed E-state index contributed by atoms with van der Waals surface area (Å²) in [4.78, 5) is 43.4. The van der Waals surface area contributed by atoms with Crippen molar-refractivity contribution >= 4 is 41.7 Å². The summed E-state index contributed by atoms with van der Waals surface area (Å²) in [6, 6.07) is 24.8. The van der Waals surface area contributed by atoms with E-state index < -0.39 is 53.3 Å². The average molecular weight is 913 g/mol. The lowest BCUT2D eigenvalue weighted by molar-refractivity contribution is -0.128. The van der Waals surface area contributed by atoms with Crippen LogP contribution >= 0.6 is 14.5 Å². The topological polar surface area (TPSA) is 113 Å². The quantitative estimate of drug-likeness (QED) is 0.0717. The molecule has 0 saturated heterocycles. The summed E-state index contributed by atoms with van der Waals surface area (Å²) >= 11 is 0. The van der Waals surface area contributed by atoms with Crippen LogP contribution in [-0.2, 0) is 27.9 Å². The van der Waals surface area contributed by atoms with Crippen molar-refractivity contribution in [1.29, 1.82) is 0 Å². The molecule has 0 amide bonds. The van der Waals surface area contributed by atoms with E-state index in [1.54, 1.807) is 68.4 Å². The fourth-order valence-electron chi connectivity index (χ4n) is 8.89. The summed E-state index contributed by atoms with van der Waals surface area (Å²) in [5, 5.41) is 0.581. The third kappa shape index (κ3) is 12.6. The standard InChI is InChI=1S/C54H74O8P2/c1-36(2)43(33-53(13,14)60-28-27-52(11,12)62-64(59,45-25-21-18-22-26-45)49(56)47-41(7)31-38(4)32-42(47)8)34-54(15,16)61-35-51(9,10)50(57)63(58,44-23-19-17-20-24-44)48(55)46-39(5)29-37(3)30-40(46)6/h17-26,29-32,36,43H,27-28,33-35H2,1-16H3. The van der Waals surface area contributed by atoms with E-state index in [2.05, 4.69) is 27.7 Å². The Morgan fingerprint density at radius 1 is 0.562 bits per heavy atom. The third-order valence-electron chi connectivity index (χ3n) is 12.3. The molecular weight excluding hydrogens is 839 g/mol. The minimum Gasteiger partial charge on any atom is -0.375 e. The molecule has 0 N–H and O–H groups in total. The molecule has 10 heteroatoms. The van der Waals surface area contributed by atoms with E-state index in [1.807, 2.05) is 99.6 Å². The summed E-state index contributed by atoms with van der Waals surface area (Å²) in [6.45, 7) is 31.2. The van der Waals surface area contributed by atoms with Crippen molar-refractivity contribution in [3.05, 3.63) is 129 Å². The Balaban J connectivity index is 1.47. The molecule has 4 aromatic rings. The minimum atomic E-state index is -4.31. The van der Waals surface area contributed by atoms with E-state index in [9.17, 15) is 18.9 Å². The highest BCUT2D eigenvalue weighted by atomic mass is 31.2. The molecule has 4 rings (SSSR count). The molecule has 0 heterocycles. The molecule has 3 atom stereocenters. The average Bonchev–Trinajstić information content (AvgIpc) is 3.18. The van der Waals surface area contributed by atoms with E-state index in [4.69, 9.17) is 14.0 Å². The van der Waals surface area contributed by atoms with Crippen molar-refractivity contribution in [2.45, 2.75) is 147 Å². The second-order valence-corrected chi connectivity index (χ2v) is 25.6. The van der Waals surface area contributed by atoms with Gasteiger partial charge in [-0.3, -0.25) is 18.9 Å². The molecule has 8 nitrogen and oxygen atoms in total. The number of carbonyl (C=O) groups is 3. The van der Waals surface area contributed by atoms with Crippen LogP contribution in [0.5, 0.6) is 0 Å².